The molecule has 0 aromatic rings. The Morgan fingerprint density at radius 2 is 0.915 bits per heavy atom. The van der Waals surface area contributed by atoms with Gasteiger partial charge in [-0.15, -0.1) is 0 Å². The van der Waals surface area contributed by atoms with Gasteiger partial charge in [0.2, 0.25) is 0 Å². The third kappa shape index (κ3) is 41.0. The number of rotatable bonds is 45. The Labute approximate surface area is 364 Å². The number of allylic oxidation sites excluding steroid dienone is 4. The Morgan fingerprint density at radius 3 is 1.36 bits per heavy atom. The summed E-state index contributed by atoms with van der Waals surface area (Å²) in [5.41, 5.74) is 0. The van der Waals surface area contributed by atoms with E-state index in [1.165, 1.54) is 135 Å². The average molecular weight is 834 g/mol. The molecule has 59 heavy (non-hydrogen) atoms. The molecule has 2 atom stereocenters. The molecule has 0 aromatic carbocycles. The molecule has 346 valence electrons. The minimum Gasteiger partial charge on any atom is -0.544 e. The number of unbranched alkanes of at least 4 members (excludes halogenated alkanes) is 27. The van der Waals surface area contributed by atoms with Crippen molar-refractivity contribution in [3.05, 3.63) is 24.3 Å². The van der Waals surface area contributed by atoms with Crippen LogP contribution in [0.15, 0.2) is 24.3 Å². The number of esters is 2. The topological polar surface area (TPSA) is 102 Å². The second kappa shape index (κ2) is 42.5. The molecule has 0 aliphatic carbocycles. The van der Waals surface area contributed by atoms with Crippen LogP contribution in [0.4, 0.5) is 0 Å². The van der Waals surface area contributed by atoms with Crippen LogP contribution >= 0.6 is 0 Å². The summed E-state index contributed by atoms with van der Waals surface area (Å²) in [4.78, 5) is 36.9. The van der Waals surface area contributed by atoms with E-state index in [1.54, 1.807) is 21.1 Å². The van der Waals surface area contributed by atoms with E-state index in [2.05, 4.69) is 38.2 Å². The highest BCUT2D eigenvalue weighted by Crippen LogP contribution is 2.16. The van der Waals surface area contributed by atoms with E-state index in [0.29, 0.717) is 12.8 Å². The SMILES string of the molecule is CCCC/C=C\C/C=C\CCCCCCCC(=O)OC(COCCC(C(=O)[O-])[N+](C)(C)C)COC(=O)CCCCCCCCCCCCCCCCCCCCCCC. The number of hydrogen-bond acceptors (Lipinski definition) is 7. The normalized spacial score (nSPS) is 13.0. The average Bonchev–Trinajstić information content (AvgIpc) is 3.19. The fourth-order valence-corrected chi connectivity index (χ4v) is 7.44. The highest BCUT2D eigenvalue weighted by atomic mass is 16.6. The lowest BCUT2D eigenvalue weighted by Gasteiger charge is -2.34. The van der Waals surface area contributed by atoms with Crippen LogP contribution in [-0.4, -0.2) is 75.5 Å². The third-order valence-corrected chi connectivity index (χ3v) is 11.3. The van der Waals surface area contributed by atoms with Crippen LogP contribution < -0.4 is 5.11 Å². The molecule has 0 radical (unpaired) electrons. The standard InChI is InChI=1S/C51H95NO7/c1-6-8-10-12-14-16-18-20-22-23-24-25-26-27-28-30-31-33-35-37-39-41-49(53)58-46-47(45-57-44-43-48(51(55)56)52(3,4)5)59-50(54)42-40-38-36-34-32-29-21-19-17-15-13-11-9-7-2/h13,15,19,21,47-48H,6-12,14,16-18,20,22-46H2,1-5H3/b15-13-,21-19-. The number of ether oxygens (including phenoxy) is 3. The molecule has 0 saturated heterocycles. The number of quaternary nitrogens is 1. The summed E-state index contributed by atoms with van der Waals surface area (Å²) in [6.45, 7) is 4.64. The van der Waals surface area contributed by atoms with Gasteiger partial charge in [0, 0.05) is 19.3 Å². The van der Waals surface area contributed by atoms with Gasteiger partial charge in [0.25, 0.3) is 0 Å². The van der Waals surface area contributed by atoms with Crippen LogP contribution in [0.5, 0.6) is 0 Å². The first-order valence-corrected chi connectivity index (χ1v) is 24.9. The predicted molar refractivity (Wildman–Crippen MR) is 245 cm³/mol. The molecule has 0 amide bonds. The maximum Gasteiger partial charge on any atom is 0.306 e. The number of nitrogens with zero attached hydrogens (tertiary/aromatic N) is 1. The third-order valence-electron chi connectivity index (χ3n) is 11.3. The summed E-state index contributed by atoms with van der Waals surface area (Å²) < 4.78 is 17.2. The van der Waals surface area contributed by atoms with Gasteiger partial charge in [-0.1, -0.05) is 199 Å². The molecule has 0 aliphatic heterocycles. The molecular formula is C51H95NO7. The number of likely N-dealkylation sites (N-methyl/N-ethyl adjacent to an activating group) is 1. The Balaban J connectivity index is 4.20. The summed E-state index contributed by atoms with van der Waals surface area (Å²) in [5, 5.41) is 11.6. The Bertz CT molecular complexity index is 1020. The molecule has 0 N–H and O–H groups in total. The molecule has 0 rings (SSSR count). The van der Waals surface area contributed by atoms with Gasteiger partial charge in [-0.05, 0) is 38.5 Å². The van der Waals surface area contributed by atoms with Crippen molar-refractivity contribution in [1.29, 1.82) is 0 Å². The molecule has 8 heteroatoms. The number of carboxylic acid groups (broad SMARTS) is 1. The van der Waals surface area contributed by atoms with E-state index < -0.39 is 18.1 Å². The van der Waals surface area contributed by atoms with E-state index in [0.717, 1.165) is 64.2 Å². The largest absolute Gasteiger partial charge is 0.544 e. The minimum atomic E-state index is -1.12. The highest BCUT2D eigenvalue weighted by molar-refractivity contribution is 5.70. The first-order valence-electron chi connectivity index (χ1n) is 24.9. The Kier molecular flexibility index (Phi) is 40.9. The smallest absolute Gasteiger partial charge is 0.306 e. The van der Waals surface area contributed by atoms with Crippen LogP contribution in [0, 0.1) is 0 Å². The van der Waals surface area contributed by atoms with Gasteiger partial charge in [0.15, 0.2) is 6.10 Å². The molecule has 0 saturated carbocycles. The molecule has 0 heterocycles. The minimum absolute atomic E-state index is 0.0390. The summed E-state index contributed by atoms with van der Waals surface area (Å²) in [5.74, 6) is -1.74. The number of aliphatic carboxylic acids is 1. The number of carbonyl (C=O) groups excluding carboxylic acids is 3. The van der Waals surface area contributed by atoms with E-state index in [1.807, 2.05) is 0 Å². The van der Waals surface area contributed by atoms with Crippen molar-refractivity contribution < 1.29 is 38.2 Å². The molecule has 2 unspecified atom stereocenters. The molecule has 0 aromatic heterocycles. The second-order valence-corrected chi connectivity index (χ2v) is 18.1. The van der Waals surface area contributed by atoms with Gasteiger partial charge < -0.3 is 28.6 Å². The molecule has 8 nitrogen and oxygen atoms in total. The first kappa shape index (κ1) is 56.8. The van der Waals surface area contributed by atoms with E-state index in [-0.39, 0.29) is 42.7 Å². The fourth-order valence-electron chi connectivity index (χ4n) is 7.44. The monoisotopic (exact) mass is 834 g/mol. The highest BCUT2D eigenvalue weighted by Gasteiger charge is 2.25. The predicted octanol–water partition coefficient (Wildman–Crippen LogP) is 12.7. The van der Waals surface area contributed by atoms with Crippen LogP contribution in [-0.2, 0) is 28.6 Å². The summed E-state index contributed by atoms with van der Waals surface area (Å²) in [7, 11) is 5.41. The molecule has 0 aliphatic rings. The van der Waals surface area contributed by atoms with Gasteiger partial charge in [0.05, 0.1) is 40.3 Å². The van der Waals surface area contributed by atoms with Crippen molar-refractivity contribution in [1.82, 2.24) is 0 Å². The van der Waals surface area contributed by atoms with Gasteiger partial charge in [-0.2, -0.15) is 0 Å². The zero-order valence-electron chi connectivity index (χ0n) is 39.4. The summed E-state index contributed by atoms with van der Waals surface area (Å²) in [6, 6.07) is -0.726. The van der Waals surface area contributed by atoms with Crippen molar-refractivity contribution in [2.45, 2.75) is 244 Å². The number of hydrogen-bond donors (Lipinski definition) is 0. The van der Waals surface area contributed by atoms with Crippen LogP contribution in [0.1, 0.15) is 232 Å². The zero-order chi connectivity index (χ0) is 43.5. The van der Waals surface area contributed by atoms with Crippen LogP contribution in [0.2, 0.25) is 0 Å². The van der Waals surface area contributed by atoms with Crippen LogP contribution in [0.3, 0.4) is 0 Å². The Hall–Kier alpha value is -2.19. The molecular weight excluding hydrogens is 739 g/mol. The number of carbonyl (C=O) groups is 3. The van der Waals surface area contributed by atoms with Crippen molar-refractivity contribution in [3.63, 3.8) is 0 Å². The van der Waals surface area contributed by atoms with Gasteiger partial charge in [-0.25, -0.2) is 0 Å². The van der Waals surface area contributed by atoms with Crippen molar-refractivity contribution in [2.24, 2.45) is 0 Å². The maximum atomic E-state index is 12.7. The lowest BCUT2D eigenvalue weighted by Crippen LogP contribution is -2.55. The lowest BCUT2D eigenvalue weighted by molar-refractivity contribution is -0.889. The summed E-state index contributed by atoms with van der Waals surface area (Å²) in [6.07, 6.45) is 47.8. The quantitative estimate of drug-likeness (QED) is 0.0260. The van der Waals surface area contributed by atoms with E-state index >= 15 is 0 Å². The maximum absolute atomic E-state index is 12.7. The first-order chi connectivity index (χ1) is 28.6. The lowest BCUT2D eigenvalue weighted by atomic mass is 10.0. The summed E-state index contributed by atoms with van der Waals surface area (Å²) >= 11 is 0. The van der Waals surface area contributed by atoms with Gasteiger partial charge >= 0.3 is 11.9 Å². The molecule has 0 spiro atoms. The van der Waals surface area contributed by atoms with Gasteiger partial charge in [0.1, 0.15) is 12.6 Å². The van der Waals surface area contributed by atoms with Gasteiger partial charge in [-0.3, -0.25) is 9.59 Å². The zero-order valence-corrected chi connectivity index (χ0v) is 39.4. The van der Waals surface area contributed by atoms with Crippen molar-refractivity contribution in [2.75, 3.05) is 41.0 Å². The van der Waals surface area contributed by atoms with Crippen molar-refractivity contribution in [3.8, 4) is 0 Å². The van der Waals surface area contributed by atoms with Crippen LogP contribution in [0.25, 0.3) is 0 Å². The molecule has 0 fully saturated rings. The molecule has 0 bridgehead atoms. The second-order valence-electron chi connectivity index (χ2n) is 18.1. The van der Waals surface area contributed by atoms with E-state index in [9.17, 15) is 19.5 Å². The fraction of sp³-hybridized carbons (Fsp3) is 0.863. The number of carboxylic acids is 1. The van der Waals surface area contributed by atoms with Crippen molar-refractivity contribution >= 4 is 17.9 Å². The Morgan fingerprint density at radius 1 is 0.508 bits per heavy atom. The van der Waals surface area contributed by atoms with E-state index in [4.69, 9.17) is 14.2 Å².